The number of hydrogen-bond acceptors (Lipinski definition) is 5. The molecule has 0 amide bonds. The maximum Gasteiger partial charge on any atom is 0.205 e. The summed E-state index contributed by atoms with van der Waals surface area (Å²) in [7, 11) is 0. The summed E-state index contributed by atoms with van der Waals surface area (Å²) in [5.41, 5.74) is 1.19. The Morgan fingerprint density at radius 1 is 0.889 bits per heavy atom. The van der Waals surface area contributed by atoms with E-state index in [1.54, 1.807) is 12.1 Å². The third-order valence-electron chi connectivity index (χ3n) is 7.79. The molecule has 0 saturated carbocycles. The van der Waals surface area contributed by atoms with E-state index in [9.17, 15) is 15.5 Å². The average Bonchev–Trinajstić information content (AvgIpc) is 3.50. The fourth-order valence-corrected chi connectivity index (χ4v) is 6.30. The second-order valence-electron chi connectivity index (χ2n) is 9.77. The molecule has 182 valence electrons. The van der Waals surface area contributed by atoms with Gasteiger partial charge in [0.05, 0.1) is 35.1 Å². The van der Waals surface area contributed by atoms with Gasteiger partial charge in [0, 0.05) is 17.2 Å². The fourth-order valence-electron chi connectivity index (χ4n) is 6.30. The van der Waals surface area contributed by atoms with E-state index in [0.717, 1.165) is 42.2 Å². The molecule has 1 aromatic heterocycles. The molecule has 1 fully saturated rings. The van der Waals surface area contributed by atoms with Crippen LogP contribution in [-0.4, -0.2) is 21.4 Å². The summed E-state index contributed by atoms with van der Waals surface area (Å²) in [4.78, 5) is 0. The number of nitriles is 1. The average molecular weight is 481 g/mol. The first-order valence-electron chi connectivity index (χ1n) is 12.5. The molecule has 1 saturated heterocycles. The molecule has 6 nitrogen and oxygen atoms in total. The van der Waals surface area contributed by atoms with Gasteiger partial charge in [-0.2, -0.15) is 5.26 Å². The quantitative estimate of drug-likeness (QED) is 0.320. The minimum absolute atomic E-state index is 0.00486. The van der Waals surface area contributed by atoms with E-state index in [0.29, 0.717) is 35.4 Å². The van der Waals surface area contributed by atoms with Crippen LogP contribution in [0.5, 0.6) is 17.5 Å². The summed E-state index contributed by atoms with van der Waals surface area (Å²) < 4.78 is 14.3. The van der Waals surface area contributed by atoms with E-state index in [2.05, 4.69) is 13.0 Å². The third-order valence-corrected chi connectivity index (χ3v) is 7.79. The van der Waals surface area contributed by atoms with Crippen molar-refractivity contribution in [3.8, 4) is 29.3 Å². The number of aromatic nitrogens is 1. The molecule has 2 bridgehead atoms. The number of hydrogen-bond donors (Lipinski definition) is 2. The number of nitrogens with zero attached hydrogens (tertiary/aromatic N) is 2. The highest BCUT2D eigenvalue weighted by atomic mass is 16.5. The van der Waals surface area contributed by atoms with E-state index in [-0.39, 0.29) is 11.8 Å². The Morgan fingerprint density at radius 3 is 2.19 bits per heavy atom. The van der Waals surface area contributed by atoms with E-state index >= 15 is 0 Å². The number of rotatable bonds is 7. The molecular formula is C30H28N2O4. The Kier molecular flexibility index (Phi) is 5.20. The Morgan fingerprint density at radius 2 is 1.53 bits per heavy atom. The van der Waals surface area contributed by atoms with E-state index in [4.69, 9.17) is 9.47 Å². The van der Waals surface area contributed by atoms with Crippen LogP contribution in [0.15, 0.2) is 66.7 Å². The lowest BCUT2D eigenvalue weighted by Crippen LogP contribution is -2.26. The maximum absolute atomic E-state index is 11.7. The van der Waals surface area contributed by atoms with Gasteiger partial charge in [-0.05, 0) is 43.5 Å². The van der Waals surface area contributed by atoms with Crippen LogP contribution in [0.4, 0.5) is 0 Å². The fraction of sp³-hybridized carbons (Fsp3) is 0.300. The molecule has 0 radical (unpaired) electrons. The highest BCUT2D eigenvalue weighted by molar-refractivity contribution is 5.95. The molecule has 2 N–H and O–H groups in total. The summed E-state index contributed by atoms with van der Waals surface area (Å²) in [6.45, 7) is 2.54. The summed E-state index contributed by atoms with van der Waals surface area (Å²) in [6.07, 6.45) is 3.74. The molecule has 4 aromatic rings. The second-order valence-corrected chi connectivity index (χ2v) is 9.77. The van der Waals surface area contributed by atoms with Crippen LogP contribution >= 0.6 is 0 Å². The molecule has 36 heavy (non-hydrogen) atoms. The molecule has 0 aliphatic carbocycles. The lowest BCUT2D eigenvalue weighted by atomic mass is 9.75. The topological polar surface area (TPSA) is 87.6 Å². The molecule has 6 rings (SSSR count). The molecule has 2 aliphatic heterocycles. The Labute approximate surface area is 209 Å². The lowest BCUT2D eigenvalue weighted by molar-refractivity contribution is -0.101. The van der Waals surface area contributed by atoms with Crippen molar-refractivity contribution in [2.45, 2.75) is 50.2 Å². The number of aromatic hydroxyl groups is 2. The highest BCUT2D eigenvalue weighted by Crippen LogP contribution is 2.67. The summed E-state index contributed by atoms with van der Waals surface area (Å²) in [5, 5.41) is 34.5. The first-order valence-corrected chi connectivity index (χ1v) is 12.5. The predicted molar refractivity (Wildman–Crippen MR) is 136 cm³/mol. The van der Waals surface area contributed by atoms with Gasteiger partial charge in [-0.3, -0.25) is 4.57 Å². The first-order chi connectivity index (χ1) is 17.5. The smallest absolute Gasteiger partial charge is 0.205 e. The molecular weight excluding hydrogens is 452 g/mol. The Bertz CT molecular complexity index is 1500. The SMILES string of the molecule is CCC[C@]12CC[C@](CCOc3ccccc3)(O1)c1c2c(O)n(-c2ccc(C#N)c3ccccc23)c1O. The van der Waals surface area contributed by atoms with Crippen LogP contribution in [0.2, 0.25) is 0 Å². The Balaban J connectivity index is 1.48. The maximum atomic E-state index is 11.7. The minimum Gasteiger partial charge on any atom is -0.494 e. The van der Waals surface area contributed by atoms with Crippen molar-refractivity contribution in [3.05, 3.63) is 83.4 Å². The van der Waals surface area contributed by atoms with Crippen molar-refractivity contribution in [2.75, 3.05) is 6.61 Å². The van der Waals surface area contributed by atoms with Gasteiger partial charge in [-0.15, -0.1) is 0 Å². The van der Waals surface area contributed by atoms with Gasteiger partial charge in [-0.25, -0.2) is 0 Å². The normalized spacial score (nSPS) is 22.0. The number of fused-ring (bicyclic) bond motifs is 6. The van der Waals surface area contributed by atoms with Crippen molar-refractivity contribution in [1.82, 2.24) is 4.57 Å². The molecule has 0 spiro atoms. The van der Waals surface area contributed by atoms with Gasteiger partial charge < -0.3 is 19.7 Å². The van der Waals surface area contributed by atoms with Crippen molar-refractivity contribution in [1.29, 1.82) is 5.26 Å². The zero-order chi connectivity index (χ0) is 24.9. The van der Waals surface area contributed by atoms with Crippen LogP contribution in [-0.2, 0) is 15.9 Å². The standard InChI is InChI=1S/C30H28N2O4/c1-2-14-29-15-16-30(36-29,17-18-35-21-8-4-3-5-9-21)26-25(29)27(33)32(28(26)34)24-13-12-20(19-31)22-10-6-7-11-23(22)24/h3-13,33-34H,2,14-18H2,1H3/t29-,30-/m1/s1. The van der Waals surface area contributed by atoms with Crippen molar-refractivity contribution < 1.29 is 19.7 Å². The Hall–Kier alpha value is -3.95. The van der Waals surface area contributed by atoms with E-state index in [1.807, 2.05) is 54.6 Å². The van der Waals surface area contributed by atoms with E-state index < -0.39 is 11.2 Å². The van der Waals surface area contributed by atoms with Gasteiger partial charge in [0.2, 0.25) is 11.8 Å². The summed E-state index contributed by atoms with van der Waals surface area (Å²) in [5.74, 6) is 0.796. The minimum atomic E-state index is -0.728. The van der Waals surface area contributed by atoms with Crippen molar-refractivity contribution in [3.63, 3.8) is 0 Å². The second kappa shape index (κ2) is 8.32. The largest absolute Gasteiger partial charge is 0.494 e. The summed E-state index contributed by atoms with van der Waals surface area (Å²) in [6, 6.07) is 23.0. The predicted octanol–water partition coefficient (Wildman–Crippen LogP) is 6.40. The number of ether oxygens (including phenoxy) is 2. The zero-order valence-electron chi connectivity index (χ0n) is 20.2. The molecule has 0 unspecified atom stereocenters. The van der Waals surface area contributed by atoms with Gasteiger partial charge in [0.25, 0.3) is 0 Å². The van der Waals surface area contributed by atoms with Crippen LogP contribution < -0.4 is 4.74 Å². The van der Waals surface area contributed by atoms with Gasteiger partial charge in [0.15, 0.2) is 0 Å². The highest BCUT2D eigenvalue weighted by Gasteiger charge is 2.63. The zero-order valence-corrected chi connectivity index (χ0v) is 20.2. The number of benzene rings is 3. The first kappa shape index (κ1) is 22.5. The van der Waals surface area contributed by atoms with Crippen LogP contribution in [0, 0.1) is 11.3 Å². The van der Waals surface area contributed by atoms with Gasteiger partial charge in [-0.1, -0.05) is 55.8 Å². The third kappa shape index (κ3) is 3.13. The summed E-state index contributed by atoms with van der Waals surface area (Å²) >= 11 is 0. The van der Waals surface area contributed by atoms with Crippen LogP contribution in [0.1, 0.15) is 55.7 Å². The van der Waals surface area contributed by atoms with Crippen molar-refractivity contribution in [2.24, 2.45) is 0 Å². The molecule has 2 atom stereocenters. The van der Waals surface area contributed by atoms with Gasteiger partial charge in [0.1, 0.15) is 17.0 Å². The van der Waals surface area contributed by atoms with E-state index in [1.165, 1.54) is 4.57 Å². The van der Waals surface area contributed by atoms with Gasteiger partial charge >= 0.3 is 0 Å². The molecule has 2 aliphatic rings. The molecule has 3 aromatic carbocycles. The van der Waals surface area contributed by atoms with Crippen molar-refractivity contribution >= 4 is 10.8 Å². The molecule has 3 heterocycles. The monoisotopic (exact) mass is 480 g/mol. The number of para-hydroxylation sites is 1. The van der Waals surface area contributed by atoms with Crippen LogP contribution in [0.3, 0.4) is 0 Å². The molecule has 6 heteroatoms. The lowest BCUT2D eigenvalue weighted by Gasteiger charge is -2.27. The van der Waals surface area contributed by atoms with Crippen LogP contribution in [0.25, 0.3) is 16.5 Å².